The number of ether oxygens (including phenoxy) is 2. The average molecular weight is 368 g/mol. The highest BCUT2D eigenvalue weighted by atomic mass is 32.1. The second kappa shape index (κ2) is 11.5. The molecule has 0 aliphatic carbocycles. The number of hydrazine groups is 1. The van der Waals surface area contributed by atoms with E-state index in [0.717, 1.165) is 13.0 Å². The summed E-state index contributed by atoms with van der Waals surface area (Å²) >= 11 is 5.19. The molecule has 140 valence electrons. The highest BCUT2D eigenvalue weighted by Gasteiger charge is 2.14. The molecule has 1 aromatic rings. The minimum atomic E-state index is -0.351. The first-order valence-electron chi connectivity index (χ1n) is 8.58. The van der Waals surface area contributed by atoms with Crippen molar-refractivity contribution in [1.82, 2.24) is 16.2 Å². The number of amides is 1. The molecule has 0 fully saturated rings. The van der Waals surface area contributed by atoms with E-state index in [1.807, 2.05) is 0 Å². The van der Waals surface area contributed by atoms with Crippen LogP contribution in [0.4, 0.5) is 0 Å². The Bertz CT molecular complexity index is 566. The van der Waals surface area contributed by atoms with E-state index in [9.17, 15) is 4.79 Å². The van der Waals surface area contributed by atoms with Gasteiger partial charge in [0.1, 0.15) is 11.5 Å². The van der Waals surface area contributed by atoms with Crippen molar-refractivity contribution in [2.75, 3.05) is 20.8 Å². The molecule has 1 atom stereocenters. The van der Waals surface area contributed by atoms with Gasteiger partial charge in [0.15, 0.2) is 5.11 Å². The minimum absolute atomic E-state index is 0.351. The molecule has 0 spiro atoms. The standard InChI is InChI=1S/C18H29N3O3S/c1-5-6-7-8-13(2)12-19-18(25)21-20-17(22)15-11-14(23-3)9-10-16(15)24-4/h9-11,13H,5-8,12H2,1-4H3,(H,20,22)(H2,19,21,25)/t13-/m1/s1. The SMILES string of the molecule is CCCCC[C@@H](C)CNC(=S)NNC(=O)c1cc(OC)ccc1OC. The highest BCUT2D eigenvalue weighted by molar-refractivity contribution is 7.80. The van der Waals surface area contributed by atoms with Crippen molar-refractivity contribution in [3.8, 4) is 11.5 Å². The summed E-state index contributed by atoms with van der Waals surface area (Å²) in [6.07, 6.45) is 4.87. The minimum Gasteiger partial charge on any atom is -0.497 e. The molecular weight excluding hydrogens is 338 g/mol. The molecule has 1 rings (SSSR count). The molecule has 6 nitrogen and oxygen atoms in total. The van der Waals surface area contributed by atoms with Crippen molar-refractivity contribution in [3.05, 3.63) is 23.8 Å². The molecule has 0 saturated heterocycles. The third kappa shape index (κ3) is 7.60. The molecule has 7 heteroatoms. The summed E-state index contributed by atoms with van der Waals surface area (Å²) in [5, 5.41) is 3.50. The number of thiocarbonyl (C=S) groups is 1. The predicted octanol–water partition coefficient (Wildman–Crippen LogP) is 3.03. The quantitative estimate of drug-likeness (QED) is 0.354. The van der Waals surface area contributed by atoms with Crippen LogP contribution in [0.3, 0.4) is 0 Å². The van der Waals surface area contributed by atoms with E-state index in [1.165, 1.54) is 26.4 Å². The van der Waals surface area contributed by atoms with Gasteiger partial charge in [-0.25, -0.2) is 0 Å². The molecule has 1 aromatic carbocycles. The summed E-state index contributed by atoms with van der Waals surface area (Å²) in [6, 6.07) is 5.03. The number of hydrogen-bond donors (Lipinski definition) is 3. The Morgan fingerprint density at radius 1 is 1.20 bits per heavy atom. The summed E-state index contributed by atoms with van der Waals surface area (Å²) < 4.78 is 10.3. The topological polar surface area (TPSA) is 71.6 Å². The van der Waals surface area contributed by atoms with Gasteiger partial charge in [0.25, 0.3) is 5.91 Å². The lowest BCUT2D eigenvalue weighted by molar-refractivity contribution is 0.0940. The first-order valence-corrected chi connectivity index (χ1v) is 8.98. The van der Waals surface area contributed by atoms with Crippen LogP contribution in [0.2, 0.25) is 0 Å². The van der Waals surface area contributed by atoms with E-state index in [1.54, 1.807) is 25.3 Å². The van der Waals surface area contributed by atoms with Crippen molar-refractivity contribution in [3.63, 3.8) is 0 Å². The molecule has 0 unspecified atom stereocenters. The Labute approximate surface area is 155 Å². The first kappa shape index (κ1) is 21.0. The van der Waals surface area contributed by atoms with Crippen LogP contribution in [-0.4, -0.2) is 31.8 Å². The molecule has 0 aliphatic rings. The van der Waals surface area contributed by atoms with Gasteiger partial charge in [0.2, 0.25) is 0 Å². The molecule has 0 aliphatic heterocycles. The van der Waals surface area contributed by atoms with Crippen LogP contribution in [0, 0.1) is 5.92 Å². The zero-order chi connectivity index (χ0) is 18.7. The van der Waals surface area contributed by atoms with Gasteiger partial charge in [0.05, 0.1) is 19.8 Å². The fourth-order valence-electron chi connectivity index (χ4n) is 2.33. The Morgan fingerprint density at radius 2 is 1.96 bits per heavy atom. The van der Waals surface area contributed by atoms with Crippen LogP contribution in [0.15, 0.2) is 18.2 Å². The van der Waals surface area contributed by atoms with Crippen LogP contribution in [0.25, 0.3) is 0 Å². The van der Waals surface area contributed by atoms with Crippen molar-refractivity contribution in [2.24, 2.45) is 5.92 Å². The summed E-state index contributed by atoms with van der Waals surface area (Å²) in [5.74, 6) is 1.22. The monoisotopic (exact) mass is 367 g/mol. The van der Waals surface area contributed by atoms with E-state index < -0.39 is 0 Å². The molecule has 0 aromatic heterocycles. The van der Waals surface area contributed by atoms with Crippen LogP contribution >= 0.6 is 12.2 Å². The number of benzene rings is 1. The lowest BCUT2D eigenvalue weighted by Crippen LogP contribution is -2.47. The fourth-order valence-corrected chi connectivity index (χ4v) is 2.46. The van der Waals surface area contributed by atoms with Gasteiger partial charge in [-0.3, -0.25) is 15.6 Å². The van der Waals surface area contributed by atoms with Gasteiger partial charge in [-0.15, -0.1) is 0 Å². The van der Waals surface area contributed by atoms with Gasteiger partial charge in [-0.05, 0) is 42.8 Å². The van der Waals surface area contributed by atoms with E-state index in [4.69, 9.17) is 21.7 Å². The fraction of sp³-hybridized carbons (Fsp3) is 0.556. The van der Waals surface area contributed by atoms with Crippen molar-refractivity contribution < 1.29 is 14.3 Å². The Balaban J connectivity index is 2.44. The normalized spacial score (nSPS) is 11.4. The number of rotatable bonds is 9. The third-order valence-electron chi connectivity index (χ3n) is 3.85. The molecule has 0 heterocycles. The van der Waals surface area contributed by atoms with Gasteiger partial charge in [0, 0.05) is 6.54 Å². The smallest absolute Gasteiger partial charge is 0.273 e. The molecule has 0 saturated carbocycles. The zero-order valence-electron chi connectivity index (χ0n) is 15.5. The third-order valence-corrected chi connectivity index (χ3v) is 4.10. The molecule has 0 bridgehead atoms. The zero-order valence-corrected chi connectivity index (χ0v) is 16.3. The molecule has 1 amide bonds. The Kier molecular flexibility index (Phi) is 9.69. The maximum absolute atomic E-state index is 12.3. The van der Waals surface area contributed by atoms with Crippen LogP contribution in [0.1, 0.15) is 49.9 Å². The molecule has 25 heavy (non-hydrogen) atoms. The number of methoxy groups -OCH3 is 2. The second-order valence-electron chi connectivity index (χ2n) is 5.96. The molecule has 0 radical (unpaired) electrons. The van der Waals surface area contributed by atoms with E-state index >= 15 is 0 Å². The highest BCUT2D eigenvalue weighted by Crippen LogP contribution is 2.23. The molecule has 3 N–H and O–H groups in total. The number of carbonyl (C=O) groups excluding carboxylic acids is 1. The van der Waals surface area contributed by atoms with Gasteiger partial charge >= 0.3 is 0 Å². The van der Waals surface area contributed by atoms with Gasteiger partial charge < -0.3 is 14.8 Å². The largest absolute Gasteiger partial charge is 0.497 e. The van der Waals surface area contributed by atoms with Crippen molar-refractivity contribution in [2.45, 2.75) is 39.5 Å². The molecular formula is C18H29N3O3S. The number of nitrogens with one attached hydrogen (secondary N) is 3. The van der Waals surface area contributed by atoms with Crippen molar-refractivity contribution in [1.29, 1.82) is 0 Å². The van der Waals surface area contributed by atoms with Gasteiger partial charge in [-0.1, -0.05) is 33.1 Å². The number of hydrogen-bond acceptors (Lipinski definition) is 4. The summed E-state index contributed by atoms with van der Waals surface area (Å²) in [6.45, 7) is 5.15. The predicted molar refractivity (Wildman–Crippen MR) is 104 cm³/mol. The summed E-state index contributed by atoms with van der Waals surface area (Å²) in [7, 11) is 3.06. The van der Waals surface area contributed by atoms with Gasteiger partial charge in [-0.2, -0.15) is 0 Å². The Hall–Kier alpha value is -2.02. The lowest BCUT2D eigenvalue weighted by Gasteiger charge is -2.16. The maximum Gasteiger partial charge on any atom is 0.273 e. The number of carbonyl (C=O) groups is 1. The first-order chi connectivity index (χ1) is 12.0. The summed E-state index contributed by atoms with van der Waals surface area (Å²) in [4.78, 5) is 12.3. The lowest BCUT2D eigenvalue weighted by atomic mass is 10.0. The average Bonchev–Trinajstić information content (AvgIpc) is 2.63. The van der Waals surface area contributed by atoms with Crippen LogP contribution in [-0.2, 0) is 0 Å². The summed E-state index contributed by atoms with van der Waals surface area (Å²) in [5.41, 5.74) is 5.66. The second-order valence-corrected chi connectivity index (χ2v) is 6.36. The number of unbranched alkanes of at least 4 members (excludes halogenated alkanes) is 2. The maximum atomic E-state index is 12.3. The van der Waals surface area contributed by atoms with Crippen LogP contribution in [0.5, 0.6) is 11.5 Å². The van der Waals surface area contributed by atoms with E-state index in [-0.39, 0.29) is 5.91 Å². The van der Waals surface area contributed by atoms with Crippen molar-refractivity contribution >= 4 is 23.2 Å². The van der Waals surface area contributed by atoms with Crippen LogP contribution < -0.4 is 25.6 Å². The Morgan fingerprint density at radius 3 is 2.60 bits per heavy atom. The van der Waals surface area contributed by atoms with E-state index in [2.05, 4.69) is 30.0 Å². The van der Waals surface area contributed by atoms with E-state index in [0.29, 0.717) is 28.1 Å².